The minimum Gasteiger partial charge on any atom is -0.475 e. The highest BCUT2D eigenvalue weighted by molar-refractivity contribution is 5.79. The van der Waals surface area contributed by atoms with Crippen molar-refractivity contribution < 1.29 is 9.53 Å². The minimum absolute atomic E-state index is 0.457. The Morgan fingerprint density at radius 1 is 1.43 bits per heavy atom. The van der Waals surface area contributed by atoms with Crippen molar-refractivity contribution in [2.45, 2.75) is 12.6 Å². The summed E-state index contributed by atoms with van der Waals surface area (Å²) in [6.45, 7) is 0.463. The molecule has 4 N–H and O–H groups in total. The van der Waals surface area contributed by atoms with E-state index in [1.807, 2.05) is 0 Å². The number of carbonyl (C=O) groups excluding carboxylic acids is 1. The van der Waals surface area contributed by atoms with E-state index in [9.17, 15) is 4.79 Å². The van der Waals surface area contributed by atoms with Crippen molar-refractivity contribution in [3.63, 3.8) is 0 Å². The lowest BCUT2D eigenvalue weighted by atomic mass is 10.2. The van der Waals surface area contributed by atoms with Gasteiger partial charge in [0.05, 0.1) is 5.56 Å². The second-order valence-corrected chi connectivity index (χ2v) is 2.89. The second kappa shape index (κ2) is 5.36. The Morgan fingerprint density at radius 2 is 2.14 bits per heavy atom. The lowest BCUT2D eigenvalue weighted by molar-refractivity contribution is 0.111. The van der Waals surface area contributed by atoms with Crippen molar-refractivity contribution in [1.82, 2.24) is 0 Å². The summed E-state index contributed by atoms with van der Waals surface area (Å²) in [5.74, 6) is 0.503. The fourth-order valence-corrected chi connectivity index (χ4v) is 1.07. The van der Waals surface area contributed by atoms with Crippen LogP contribution in [0.1, 0.15) is 16.8 Å². The molecule has 0 heterocycles. The maximum Gasteiger partial charge on any atom is 0.153 e. The van der Waals surface area contributed by atoms with Crippen LogP contribution in [-0.2, 0) is 0 Å². The Morgan fingerprint density at radius 3 is 2.79 bits per heavy atom. The first kappa shape index (κ1) is 10.7. The van der Waals surface area contributed by atoms with Crippen molar-refractivity contribution in [2.75, 3.05) is 6.54 Å². The Bertz CT molecular complexity index is 302. The van der Waals surface area contributed by atoms with Crippen LogP contribution in [0.3, 0.4) is 0 Å². The zero-order valence-electron chi connectivity index (χ0n) is 7.85. The molecule has 1 atom stereocenters. The monoisotopic (exact) mass is 194 g/mol. The van der Waals surface area contributed by atoms with E-state index in [0.29, 0.717) is 24.3 Å². The highest BCUT2D eigenvalue weighted by atomic mass is 16.5. The lowest BCUT2D eigenvalue weighted by Gasteiger charge is -2.14. The molecule has 0 spiro atoms. The molecule has 1 aromatic carbocycles. The summed E-state index contributed by atoms with van der Waals surface area (Å²) in [6, 6.07) is 6.94. The van der Waals surface area contributed by atoms with Crippen LogP contribution in [0.15, 0.2) is 24.3 Å². The first-order valence-electron chi connectivity index (χ1n) is 4.44. The third-order valence-corrected chi connectivity index (χ3v) is 1.78. The largest absolute Gasteiger partial charge is 0.475 e. The molecule has 0 aromatic heterocycles. The van der Waals surface area contributed by atoms with Gasteiger partial charge in [-0.3, -0.25) is 10.5 Å². The van der Waals surface area contributed by atoms with Crippen molar-refractivity contribution in [2.24, 2.45) is 11.5 Å². The molecule has 0 bridgehead atoms. The van der Waals surface area contributed by atoms with Crippen LogP contribution in [0.25, 0.3) is 0 Å². The van der Waals surface area contributed by atoms with Gasteiger partial charge >= 0.3 is 0 Å². The van der Waals surface area contributed by atoms with E-state index in [1.165, 1.54) is 0 Å². The summed E-state index contributed by atoms with van der Waals surface area (Å²) in [5.41, 5.74) is 11.4. The molecule has 1 rings (SSSR count). The number of benzene rings is 1. The standard InChI is InChI=1S/C10H14N2O2/c11-6-5-10(12)14-9-4-2-1-3-8(9)7-13/h1-4,7,10H,5-6,11-12H2. The molecule has 0 aliphatic rings. The smallest absolute Gasteiger partial charge is 0.153 e. The molecule has 4 heteroatoms. The predicted molar refractivity (Wildman–Crippen MR) is 54.1 cm³/mol. The van der Waals surface area contributed by atoms with Crippen LogP contribution in [0.2, 0.25) is 0 Å². The molecule has 0 aliphatic heterocycles. The number of rotatable bonds is 5. The predicted octanol–water partition coefficient (Wildman–Crippen LogP) is 0.511. The first-order chi connectivity index (χ1) is 6.77. The topological polar surface area (TPSA) is 78.3 Å². The number of hydrogen-bond donors (Lipinski definition) is 2. The van der Waals surface area contributed by atoms with E-state index in [4.69, 9.17) is 16.2 Å². The fourth-order valence-electron chi connectivity index (χ4n) is 1.07. The number of hydrogen-bond acceptors (Lipinski definition) is 4. The van der Waals surface area contributed by atoms with Gasteiger partial charge in [-0.15, -0.1) is 0 Å². The third kappa shape index (κ3) is 2.83. The molecular weight excluding hydrogens is 180 g/mol. The quantitative estimate of drug-likeness (QED) is 0.529. The van der Waals surface area contributed by atoms with Gasteiger partial charge in [0.2, 0.25) is 0 Å². The summed E-state index contributed by atoms with van der Waals surface area (Å²) in [7, 11) is 0. The normalized spacial score (nSPS) is 12.1. The SMILES string of the molecule is NCCC(N)Oc1ccccc1C=O. The average Bonchev–Trinajstić information content (AvgIpc) is 2.19. The van der Waals surface area contributed by atoms with Crippen LogP contribution in [0, 0.1) is 0 Å². The van der Waals surface area contributed by atoms with E-state index in [2.05, 4.69) is 0 Å². The van der Waals surface area contributed by atoms with Gasteiger partial charge in [-0.05, 0) is 18.7 Å². The zero-order valence-corrected chi connectivity index (χ0v) is 7.85. The van der Waals surface area contributed by atoms with Crippen molar-refractivity contribution in [3.05, 3.63) is 29.8 Å². The number of nitrogens with two attached hydrogens (primary N) is 2. The molecule has 0 fully saturated rings. The second-order valence-electron chi connectivity index (χ2n) is 2.89. The van der Waals surface area contributed by atoms with Crippen LogP contribution in [0.5, 0.6) is 5.75 Å². The summed E-state index contributed by atoms with van der Waals surface area (Å²) < 4.78 is 5.34. The number of para-hydroxylation sites is 1. The van der Waals surface area contributed by atoms with Gasteiger partial charge in [0.25, 0.3) is 0 Å². The summed E-state index contributed by atoms with van der Waals surface area (Å²) in [4.78, 5) is 10.6. The average molecular weight is 194 g/mol. The summed E-state index contributed by atoms with van der Waals surface area (Å²) >= 11 is 0. The van der Waals surface area contributed by atoms with Crippen molar-refractivity contribution in [1.29, 1.82) is 0 Å². The van der Waals surface area contributed by atoms with Gasteiger partial charge in [0.15, 0.2) is 6.29 Å². The van der Waals surface area contributed by atoms with Gasteiger partial charge in [-0.25, -0.2) is 0 Å². The Kier molecular flexibility index (Phi) is 4.10. The summed E-state index contributed by atoms with van der Waals surface area (Å²) in [5, 5.41) is 0. The zero-order chi connectivity index (χ0) is 10.4. The molecular formula is C10H14N2O2. The van der Waals surface area contributed by atoms with E-state index >= 15 is 0 Å². The Labute approximate surface area is 82.8 Å². The lowest BCUT2D eigenvalue weighted by Crippen LogP contribution is -2.30. The van der Waals surface area contributed by atoms with E-state index in [0.717, 1.165) is 6.29 Å². The van der Waals surface area contributed by atoms with Gasteiger partial charge in [-0.1, -0.05) is 12.1 Å². The maximum atomic E-state index is 10.6. The number of ether oxygens (including phenoxy) is 1. The van der Waals surface area contributed by atoms with Gasteiger partial charge in [0, 0.05) is 6.42 Å². The fraction of sp³-hybridized carbons (Fsp3) is 0.300. The molecule has 76 valence electrons. The summed E-state index contributed by atoms with van der Waals surface area (Å²) in [6.07, 6.45) is 0.846. The maximum absolute atomic E-state index is 10.6. The van der Waals surface area contributed by atoms with Crippen molar-refractivity contribution in [3.8, 4) is 5.75 Å². The molecule has 1 unspecified atom stereocenters. The molecule has 0 radical (unpaired) electrons. The Hall–Kier alpha value is -1.39. The molecule has 1 aromatic rings. The van der Waals surface area contributed by atoms with Gasteiger partial charge in [0.1, 0.15) is 12.0 Å². The van der Waals surface area contributed by atoms with Crippen LogP contribution in [-0.4, -0.2) is 19.1 Å². The molecule has 0 aliphatic carbocycles. The van der Waals surface area contributed by atoms with Crippen LogP contribution < -0.4 is 16.2 Å². The Balaban J connectivity index is 2.70. The number of aldehydes is 1. The van der Waals surface area contributed by atoms with Gasteiger partial charge in [-0.2, -0.15) is 0 Å². The highest BCUT2D eigenvalue weighted by Crippen LogP contribution is 2.16. The molecule has 0 saturated heterocycles. The minimum atomic E-state index is -0.457. The van der Waals surface area contributed by atoms with E-state index in [1.54, 1.807) is 24.3 Å². The number of carbonyl (C=O) groups is 1. The molecule has 0 amide bonds. The first-order valence-corrected chi connectivity index (χ1v) is 4.44. The van der Waals surface area contributed by atoms with Gasteiger partial charge < -0.3 is 10.5 Å². The highest BCUT2D eigenvalue weighted by Gasteiger charge is 2.06. The third-order valence-electron chi connectivity index (χ3n) is 1.78. The molecule has 14 heavy (non-hydrogen) atoms. The van der Waals surface area contributed by atoms with E-state index in [-0.39, 0.29) is 0 Å². The van der Waals surface area contributed by atoms with E-state index < -0.39 is 6.23 Å². The molecule has 0 saturated carbocycles. The van der Waals surface area contributed by atoms with Crippen LogP contribution in [0.4, 0.5) is 0 Å². The van der Waals surface area contributed by atoms with Crippen LogP contribution >= 0.6 is 0 Å². The van der Waals surface area contributed by atoms with Crippen molar-refractivity contribution >= 4 is 6.29 Å². The molecule has 4 nitrogen and oxygen atoms in total.